The second-order valence-electron chi connectivity index (χ2n) is 11.9. The summed E-state index contributed by atoms with van der Waals surface area (Å²) in [7, 11) is 0. The van der Waals surface area contributed by atoms with Crippen LogP contribution in [0.4, 0.5) is 11.4 Å². The molecule has 0 aromatic heterocycles. The quantitative estimate of drug-likeness (QED) is 0.0812. The fourth-order valence-electron chi connectivity index (χ4n) is 4.78. The van der Waals surface area contributed by atoms with Gasteiger partial charge in [0.25, 0.3) is 5.91 Å². The van der Waals surface area contributed by atoms with Gasteiger partial charge in [0.1, 0.15) is 19.8 Å². The Morgan fingerprint density at radius 1 is 0.620 bits per heavy atom. The van der Waals surface area contributed by atoms with E-state index < -0.39 is 24.4 Å². The highest BCUT2D eigenvalue weighted by molar-refractivity contribution is 6.38. The number of carbonyl (C=O) groups is 3. The normalized spacial score (nSPS) is 10.9. The van der Waals surface area contributed by atoms with Crippen molar-refractivity contribution in [3.05, 3.63) is 115 Å². The van der Waals surface area contributed by atoms with Gasteiger partial charge in [-0.05, 0) is 92.9 Å². The van der Waals surface area contributed by atoms with E-state index in [-0.39, 0.29) is 68.9 Å². The predicted molar refractivity (Wildman–Crippen MR) is 199 cm³/mol. The highest BCUT2D eigenvalue weighted by Crippen LogP contribution is 2.36. The molecule has 0 spiro atoms. The first-order chi connectivity index (χ1) is 23.8. The number of ether oxygens (including phenoxy) is 3. The number of esters is 2. The highest BCUT2D eigenvalue weighted by atomic mass is 35.5. The lowest BCUT2D eigenvalue weighted by molar-refractivity contribution is -0.158. The maximum absolute atomic E-state index is 12.7. The van der Waals surface area contributed by atoms with Gasteiger partial charge < -0.3 is 30.2 Å². The minimum atomic E-state index is -0.971. The van der Waals surface area contributed by atoms with Crippen LogP contribution in [0.2, 0.25) is 20.1 Å². The molecule has 1 amide bonds. The van der Waals surface area contributed by atoms with Crippen LogP contribution in [0.25, 0.3) is 0 Å². The molecule has 0 saturated heterocycles. The van der Waals surface area contributed by atoms with Crippen molar-refractivity contribution >= 4 is 75.6 Å². The number of hydrogen-bond acceptors (Lipinski definition) is 8. The first kappa shape index (κ1) is 38.6. The summed E-state index contributed by atoms with van der Waals surface area (Å²) in [4.78, 5) is 37.6. The lowest BCUT2D eigenvalue weighted by atomic mass is 10.1. The van der Waals surface area contributed by atoms with Crippen LogP contribution in [0.3, 0.4) is 0 Å². The lowest BCUT2D eigenvalue weighted by Crippen LogP contribution is -2.32. The molecule has 0 atom stereocenters. The average molecular weight is 762 g/mol. The number of hydrogen-bond donors (Lipinski definition) is 3. The molecule has 0 aliphatic heterocycles. The molecule has 0 fully saturated rings. The Balaban J connectivity index is 1.26. The molecule has 13 heteroatoms. The fourth-order valence-corrected chi connectivity index (χ4v) is 6.02. The van der Waals surface area contributed by atoms with Gasteiger partial charge in [0, 0.05) is 29.0 Å². The van der Waals surface area contributed by atoms with Crippen molar-refractivity contribution in [2.75, 3.05) is 17.2 Å². The van der Waals surface area contributed by atoms with Crippen molar-refractivity contribution in [1.82, 2.24) is 5.32 Å². The molecule has 0 bridgehead atoms. The van der Waals surface area contributed by atoms with Gasteiger partial charge in [-0.3, -0.25) is 9.59 Å². The molecule has 0 unspecified atom stereocenters. The third-order valence-corrected chi connectivity index (χ3v) is 7.94. The van der Waals surface area contributed by atoms with Crippen LogP contribution in [0.15, 0.2) is 72.8 Å². The second-order valence-corrected chi connectivity index (χ2v) is 13.6. The van der Waals surface area contributed by atoms with E-state index in [1.807, 2.05) is 76.2 Å². The summed E-state index contributed by atoms with van der Waals surface area (Å²) >= 11 is 25.6. The zero-order valence-corrected chi connectivity index (χ0v) is 30.9. The van der Waals surface area contributed by atoms with Crippen LogP contribution < -0.4 is 25.4 Å². The van der Waals surface area contributed by atoms with E-state index >= 15 is 0 Å². The molecule has 50 heavy (non-hydrogen) atoms. The van der Waals surface area contributed by atoms with E-state index in [0.717, 1.165) is 22.5 Å². The Kier molecular flexibility index (Phi) is 14.1. The van der Waals surface area contributed by atoms with Gasteiger partial charge in [0.15, 0.2) is 11.5 Å². The number of nitrogens with one attached hydrogen (secondary N) is 3. The van der Waals surface area contributed by atoms with E-state index in [1.165, 1.54) is 24.3 Å². The molecule has 0 radical (unpaired) electrons. The minimum absolute atomic E-state index is 0.0844. The minimum Gasteiger partial charge on any atom is -0.486 e. The molecule has 9 nitrogen and oxygen atoms in total. The Morgan fingerprint density at radius 2 is 1.08 bits per heavy atom. The second kappa shape index (κ2) is 18.2. The number of benzene rings is 4. The molecular weight excluding hydrogens is 724 g/mol. The van der Waals surface area contributed by atoms with E-state index in [2.05, 4.69) is 16.0 Å². The first-order valence-electron chi connectivity index (χ1n) is 15.7. The third kappa shape index (κ3) is 11.7. The van der Waals surface area contributed by atoms with Gasteiger partial charge in [-0.15, -0.1) is 0 Å². The van der Waals surface area contributed by atoms with Gasteiger partial charge >= 0.3 is 11.9 Å². The molecule has 4 aromatic rings. The van der Waals surface area contributed by atoms with Crippen LogP contribution >= 0.6 is 46.4 Å². The Hall–Kier alpha value is -4.15. The number of anilines is 2. The topological polar surface area (TPSA) is 115 Å². The van der Waals surface area contributed by atoms with Gasteiger partial charge in [-0.1, -0.05) is 70.7 Å². The van der Waals surface area contributed by atoms with Crippen molar-refractivity contribution in [2.45, 2.75) is 59.4 Å². The standard InChI is InChI=1S/C37H37Cl4N3O6/c1-21(2)43-27-9-5-7-23(11-27)19-48-35-29(38)13-25(14-30(35)39)15-33(45)50-34(46)18-42-37(47)26-16-31(40)36(32(41)17-26)49-20-24-8-6-10-28(12-24)44-22(3)4/h5-14,16-17,21-22,43-44H,15,18-20H2,1-4H3,(H,42,47). The van der Waals surface area contributed by atoms with Crippen LogP contribution in [-0.2, 0) is 34.0 Å². The molecule has 0 saturated carbocycles. The predicted octanol–water partition coefficient (Wildman–Crippen LogP) is 9.14. The highest BCUT2D eigenvalue weighted by Gasteiger charge is 2.19. The molecule has 0 aliphatic carbocycles. The zero-order valence-electron chi connectivity index (χ0n) is 27.9. The summed E-state index contributed by atoms with van der Waals surface area (Å²) in [5.74, 6) is -2.02. The van der Waals surface area contributed by atoms with Crippen molar-refractivity contribution < 1.29 is 28.6 Å². The fraction of sp³-hybridized carbons (Fsp3) is 0.270. The van der Waals surface area contributed by atoms with Crippen molar-refractivity contribution in [2.24, 2.45) is 0 Å². The average Bonchev–Trinajstić information content (AvgIpc) is 3.02. The molecule has 3 N–H and O–H groups in total. The van der Waals surface area contributed by atoms with E-state index in [9.17, 15) is 14.4 Å². The lowest BCUT2D eigenvalue weighted by Gasteiger charge is -2.14. The maximum atomic E-state index is 12.7. The summed E-state index contributed by atoms with van der Waals surface area (Å²) in [6, 6.07) is 21.8. The van der Waals surface area contributed by atoms with Crippen LogP contribution in [0.1, 0.15) is 54.7 Å². The maximum Gasteiger partial charge on any atom is 0.333 e. The summed E-state index contributed by atoms with van der Waals surface area (Å²) in [5.41, 5.74) is 4.20. The summed E-state index contributed by atoms with van der Waals surface area (Å²) in [6.45, 7) is 8.02. The molecule has 0 aliphatic rings. The van der Waals surface area contributed by atoms with Crippen LogP contribution in [0, 0.1) is 0 Å². The van der Waals surface area contributed by atoms with Crippen LogP contribution in [-0.4, -0.2) is 36.5 Å². The number of halogens is 4. The van der Waals surface area contributed by atoms with Crippen molar-refractivity contribution in [1.29, 1.82) is 0 Å². The Bertz CT molecular complexity index is 1800. The SMILES string of the molecule is CC(C)Nc1cccc(COc2c(Cl)cc(CC(=O)OC(=O)CNC(=O)c3cc(Cl)c(OCc4cccc(NC(C)C)c4)c(Cl)c3)cc2Cl)c1. The summed E-state index contributed by atoms with van der Waals surface area (Å²) in [5, 5.41) is 9.66. The smallest absolute Gasteiger partial charge is 0.333 e. The van der Waals surface area contributed by atoms with E-state index in [4.69, 9.17) is 60.6 Å². The van der Waals surface area contributed by atoms with Crippen LogP contribution in [0.5, 0.6) is 11.5 Å². The van der Waals surface area contributed by atoms with Gasteiger partial charge in [-0.25, -0.2) is 4.79 Å². The molecular formula is C37H37Cl4N3O6. The van der Waals surface area contributed by atoms with Crippen molar-refractivity contribution in [3.8, 4) is 11.5 Å². The first-order valence-corrected chi connectivity index (χ1v) is 17.2. The third-order valence-electron chi connectivity index (χ3n) is 6.82. The van der Waals surface area contributed by atoms with Crippen molar-refractivity contribution in [3.63, 3.8) is 0 Å². The van der Waals surface area contributed by atoms with E-state index in [0.29, 0.717) is 5.56 Å². The van der Waals surface area contributed by atoms with Gasteiger partial charge in [0.05, 0.1) is 26.5 Å². The summed E-state index contributed by atoms with van der Waals surface area (Å²) in [6.07, 6.45) is -0.298. The van der Waals surface area contributed by atoms with Gasteiger partial charge in [0.2, 0.25) is 0 Å². The monoisotopic (exact) mass is 759 g/mol. The number of rotatable bonds is 15. The number of amides is 1. The molecule has 264 valence electrons. The largest absolute Gasteiger partial charge is 0.486 e. The van der Waals surface area contributed by atoms with E-state index in [1.54, 1.807) is 0 Å². The zero-order chi connectivity index (χ0) is 36.4. The molecule has 4 rings (SSSR count). The van der Waals surface area contributed by atoms with Gasteiger partial charge in [-0.2, -0.15) is 0 Å². The summed E-state index contributed by atoms with van der Waals surface area (Å²) < 4.78 is 16.6. The molecule has 4 aromatic carbocycles. The number of carbonyl (C=O) groups excluding carboxylic acids is 3. The molecule has 0 heterocycles. The Labute approximate surface area is 311 Å². The Morgan fingerprint density at radius 3 is 1.54 bits per heavy atom.